The van der Waals surface area contributed by atoms with Gasteiger partial charge in [-0.2, -0.15) is 5.10 Å². The lowest BCUT2D eigenvalue weighted by Gasteiger charge is -2.36. The summed E-state index contributed by atoms with van der Waals surface area (Å²) < 4.78 is 15.0. The highest BCUT2D eigenvalue weighted by Gasteiger charge is 2.28. The van der Waals surface area contributed by atoms with E-state index in [1.54, 1.807) is 16.8 Å². The lowest BCUT2D eigenvalue weighted by atomic mass is 10.2. The molecule has 26 heavy (non-hydrogen) atoms. The highest BCUT2D eigenvalue weighted by Crippen LogP contribution is 2.23. The Morgan fingerprint density at radius 1 is 1.27 bits per heavy atom. The van der Waals surface area contributed by atoms with Gasteiger partial charge in [-0.1, -0.05) is 23.7 Å². The lowest BCUT2D eigenvalue weighted by molar-refractivity contribution is -0.136. The quantitative estimate of drug-likeness (QED) is 0.820. The van der Waals surface area contributed by atoms with Crippen LogP contribution in [0.5, 0.6) is 0 Å². The Balaban J connectivity index is 1.58. The molecule has 0 saturated carbocycles. The minimum Gasteiger partial charge on any atom is -0.338 e. The van der Waals surface area contributed by atoms with Crippen LogP contribution < -0.4 is 0 Å². The zero-order valence-corrected chi connectivity index (χ0v) is 16.1. The Kier molecular flexibility index (Phi) is 5.63. The van der Waals surface area contributed by atoms with Crippen molar-refractivity contribution >= 4 is 17.5 Å². The molecule has 7 heteroatoms. The molecule has 2 aromatic rings. The number of amides is 1. The Bertz CT molecular complexity index is 799. The number of benzene rings is 1. The van der Waals surface area contributed by atoms with Crippen molar-refractivity contribution in [2.75, 3.05) is 26.2 Å². The number of piperazine rings is 1. The van der Waals surface area contributed by atoms with Gasteiger partial charge in [0.05, 0.1) is 16.4 Å². The lowest BCUT2D eigenvalue weighted by Crippen LogP contribution is -2.50. The van der Waals surface area contributed by atoms with Gasteiger partial charge in [-0.25, -0.2) is 4.39 Å². The van der Waals surface area contributed by atoms with E-state index >= 15 is 0 Å². The third-order valence-electron chi connectivity index (χ3n) is 4.94. The fourth-order valence-corrected chi connectivity index (χ4v) is 3.53. The van der Waals surface area contributed by atoms with Crippen molar-refractivity contribution < 1.29 is 9.18 Å². The summed E-state index contributed by atoms with van der Waals surface area (Å²) in [7, 11) is 0. The largest absolute Gasteiger partial charge is 0.338 e. The van der Waals surface area contributed by atoms with Gasteiger partial charge in [0.25, 0.3) is 0 Å². The van der Waals surface area contributed by atoms with E-state index in [9.17, 15) is 9.18 Å². The van der Waals surface area contributed by atoms with Crippen LogP contribution in [0.3, 0.4) is 0 Å². The molecule has 2 heterocycles. The van der Waals surface area contributed by atoms with Gasteiger partial charge in [0.15, 0.2) is 0 Å². The SMILES string of the molecule is Cc1nn(C(C)C(=O)N2CCN(Cc3cccc(F)c3)CC2)c(C)c1Cl. The molecule has 0 bridgehead atoms. The van der Waals surface area contributed by atoms with Gasteiger partial charge >= 0.3 is 0 Å². The first-order valence-corrected chi connectivity index (χ1v) is 9.21. The minimum absolute atomic E-state index is 0.0534. The number of halogens is 2. The van der Waals surface area contributed by atoms with E-state index in [4.69, 9.17) is 11.6 Å². The topological polar surface area (TPSA) is 41.4 Å². The summed E-state index contributed by atoms with van der Waals surface area (Å²) in [6.07, 6.45) is 0. The number of aryl methyl sites for hydroxylation is 1. The maximum atomic E-state index is 13.3. The summed E-state index contributed by atoms with van der Waals surface area (Å²) >= 11 is 6.20. The number of hydrogen-bond donors (Lipinski definition) is 0. The van der Waals surface area contributed by atoms with E-state index in [1.807, 2.05) is 31.7 Å². The summed E-state index contributed by atoms with van der Waals surface area (Å²) in [5.74, 6) is -0.161. The van der Waals surface area contributed by atoms with Crippen molar-refractivity contribution in [3.05, 3.63) is 52.1 Å². The van der Waals surface area contributed by atoms with Gasteiger partial charge in [0, 0.05) is 32.7 Å². The van der Waals surface area contributed by atoms with Crippen LogP contribution in [-0.2, 0) is 11.3 Å². The van der Waals surface area contributed by atoms with Crippen LogP contribution in [0.25, 0.3) is 0 Å². The molecule has 1 amide bonds. The van der Waals surface area contributed by atoms with Crippen molar-refractivity contribution in [2.45, 2.75) is 33.4 Å². The zero-order valence-electron chi connectivity index (χ0n) is 15.4. The van der Waals surface area contributed by atoms with Gasteiger partial charge in [-0.05, 0) is 38.5 Å². The summed E-state index contributed by atoms with van der Waals surface area (Å²) in [5.41, 5.74) is 2.51. The number of nitrogens with zero attached hydrogens (tertiary/aromatic N) is 4. The van der Waals surface area contributed by atoms with Crippen molar-refractivity contribution in [1.29, 1.82) is 0 Å². The molecule has 1 atom stereocenters. The fourth-order valence-electron chi connectivity index (χ4n) is 3.41. The van der Waals surface area contributed by atoms with E-state index in [0.717, 1.165) is 30.0 Å². The normalized spacial score (nSPS) is 16.7. The third kappa shape index (κ3) is 3.91. The fraction of sp³-hybridized carbons (Fsp3) is 0.474. The monoisotopic (exact) mass is 378 g/mol. The zero-order chi connectivity index (χ0) is 18.8. The molecule has 1 unspecified atom stereocenters. The summed E-state index contributed by atoms with van der Waals surface area (Å²) in [5, 5.41) is 5.01. The van der Waals surface area contributed by atoms with Crippen LogP contribution in [0, 0.1) is 19.7 Å². The van der Waals surface area contributed by atoms with Crippen LogP contribution in [0.2, 0.25) is 5.02 Å². The Hall–Kier alpha value is -1.92. The molecule has 140 valence electrons. The number of carbonyl (C=O) groups excluding carboxylic acids is 1. The van der Waals surface area contributed by atoms with Gasteiger partial charge in [-0.15, -0.1) is 0 Å². The minimum atomic E-state index is -0.379. The number of hydrogen-bond acceptors (Lipinski definition) is 3. The van der Waals surface area contributed by atoms with Crippen molar-refractivity contribution in [3.63, 3.8) is 0 Å². The first-order valence-electron chi connectivity index (χ1n) is 8.83. The van der Waals surface area contributed by atoms with E-state index in [0.29, 0.717) is 24.7 Å². The van der Waals surface area contributed by atoms with E-state index in [1.165, 1.54) is 6.07 Å². The maximum Gasteiger partial charge on any atom is 0.247 e. The molecule has 3 rings (SSSR count). The second-order valence-corrected chi connectivity index (χ2v) is 7.21. The van der Waals surface area contributed by atoms with Crippen molar-refractivity contribution in [2.24, 2.45) is 0 Å². The molecule has 1 aliphatic rings. The number of carbonyl (C=O) groups is 1. The first kappa shape index (κ1) is 18.9. The molecule has 0 spiro atoms. The van der Waals surface area contributed by atoms with E-state index in [2.05, 4.69) is 10.00 Å². The molecular formula is C19H24ClFN4O. The first-order chi connectivity index (χ1) is 12.4. The molecule has 0 radical (unpaired) electrons. The maximum absolute atomic E-state index is 13.3. The highest BCUT2D eigenvalue weighted by atomic mass is 35.5. The van der Waals surface area contributed by atoms with Crippen molar-refractivity contribution in [1.82, 2.24) is 19.6 Å². The van der Waals surface area contributed by atoms with Crippen LogP contribution in [0.1, 0.15) is 29.9 Å². The Morgan fingerprint density at radius 2 is 1.96 bits per heavy atom. The number of rotatable bonds is 4. The van der Waals surface area contributed by atoms with Gasteiger partial charge in [0.1, 0.15) is 11.9 Å². The van der Waals surface area contributed by atoms with Gasteiger partial charge in [-0.3, -0.25) is 14.4 Å². The van der Waals surface area contributed by atoms with Crippen LogP contribution in [-0.4, -0.2) is 51.7 Å². The Labute approximate surface area is 158 Å². The van der Waals surface area contributed by atoms with E-state index in [-0.39, 0.29) is 17.8 Å². The van der Waals surface area contributed by atoms with Crippen LogP contribution in [0.15, 0.2) is 24.3 Å². The number of aromatic nitrogens is 2. The molecule has 1 fully saturated rings. The summed E-state index contributed by atoms with van der Waals surface area (Å²) in [4.78, 5) is 16.9. The standard InChI is InChI=1S/C19H24ClFN4O/c1-13-18(20)14(2)25(22-13)15(3)19(26)24-9-7-23(8-10-24)12-16-5-4-6-17(21)11-16/h4-6,11,15H,7-10,12H2,1-3H3. The smallest absolute Gasteiger partial charge is 0.247 e. The van der Waals surface area contributed by atoms with Gasteiger partial charge in [0.2, 0.25) is 5.91 Å². The average Bonchev–Trinajstić information content (AvgIpc) is 2.88. The predicted molar refractivity (Wildman–Crippen MR) is 99.7 cm³/mol. The molecule has 1 saturated heterocycles. The van der Waals surface area contributed by atoms with E-state index < -0.39 is 0 Å². The molecule has 0 N–H and O–H groups in total. The van der Waals surface area contributed by atoms with Gasteiger partial charge < -0.3 is 4.90 Å². The van der Waals surface area contributed by atoms with Crippen LogP contribution in [0.4, 0.5) is 4.39 Å². The molecule has 1 aliphatic heterocycles. The van der Waals surface area contributed by atoms with Crippen LogP contribution >= 0.6 is 11.6 Å². The Morgan fingerprint density at radius 3 is 2.54 bits per heavy atom. The predicted octanol–water partition coefficient (Wildman–Crippen LogP) is 3.20. The molecule has 1 aromatic heterocycles. The molecular weight excluding hydrogens is 355 g/mol. The average molecular weight is 379 g/mol. The third-order valence-corrected chi connectivity index (χ3v) is 5.49. The summed E-state index contributed by atoms with van der Waals surface area (Å²) in [6.45, 7) is 9.13. The molecule has 1 aromatic carbocycles. The van der Waals surface area contributed by atoms with Crippen molar-refractivity contribution in [3.8, 4) is 0 Å². The second-order valence-electron chi connectivity index (χ2n) is 6.84. The summed E-state index contributed by atoms with van der Waals surface area (Å²) in [6, 6.07) is 6.29. The molecule has 0 aliphatic carbocycles. The molecule has 5 nitrogen and oxygen atoms in total. The highest BCUT2D eigenvalue weighted by molar-refractivity contribution is 6.31. The second kappa shape index (κ2) is 7.76.